The molecule has 0 atom stereocenters. The first-order valence-corrected chi connectivity index (χ1v) is 11.0. The maximum absolute atomic E-state index is 13.5. The van der Waals surface area contributed by atoms with Crippen molar-refractivity contribution in [2.75, 3.05) is 53.2 Å². The molecule has 0 aromatic heterocycles. The lowest BCUT2D eigenvalue weighted by atomic mass is 9.97. The van der Waals surface area contributed by atoms with E-state index in [0.717, 1.165) is 55.6 Å². The van der Waals surface area contributed by atoms with E-state index in [-0.39, 0.29) is 5.82 Å². The van der Waals surface area contributed by atoms with Crippen LogP contribution in [0, 0.1) is 11.7 Å². The molecule has 1 aliphatic rings. The largest absolute Gasteiger partial charge is 0.383 e. The highest BCUT2D eigenvalue weighted by Gasteiger charge is 2.19. The zero-order valence-corrected chi connectivity index (χ0v) is 17.6. The number of nitrogens with zero attached hydrogens (tertiary/aromatic N) is 2. The van der Waals surface area contributed by atoms with Crippen molar-refractivity contribution in [1.82, 2.24) is 15.5 Å². The first-order chi connectivity index (χ1) is 13.2. The van der Waals surface area contributed by atoms with Crippen LogP contribution >= 0.6 is 11.8 Å². The van der Waals surface area contributed by atoms with Gasteiger partial charge in [0.2, 0.25) is 0 Å². The van der Waals surface area contributed by atoms with E-state index in [1.54, 1.807) is 32.0 Å². The van der Waals surface area contributed by atoms with Gasteiger partial charge in [0.25, 0.3) is 0 Å². The summed E-state index contributed by atoms with van der Waals surface area (Å²) in [6.45, 7) is 5.67. The molecule has 0 bridgehead atoms. The van der Waals surface area contributed by atoms with Crippen LogP contribution in [0.25, 0.3) is 0 Å². The quantitative estimate of drug-likeness (QED) is 0.497. The van der Waals surface area contributed by atoms with E-state index in [1.165, 1.54) is 18.9 Å². The molecule has 1 aromatic carbocycles. The topological polar surface area (TPSA) is 48.9 Å². The number of ether oxygens (including phenoxy) is 1. The highest BCUT2D eigenvalue weighted by Crippen LogP contribution is 2.17. The third-order valence-corrected chi connectivity index (χ3v) is 5.61. The average Bonchev–Trinajstić information content (AvgIpc) is 2.69. The summed E-state index contributed by atoms with van der Waals surface area (Å²) in [7, 11) is 3.54. The number of aliphatic imine (C=N–C) groups is 1. The van der Waals surface area contributed by atoms with Gasteiger partial charge in [-0.1, -0.05) is 6.07 Å². The molecule has 27 heavy (non-hydrogen) atoms. The van der Waals surface area contributed by atoms with Crippen LogP contribution in [0.15, 0.2) is 23.2 Å². The molecular formula is C20H33FN4OS. The SMILES string of the molecule is CN=C(NCc1ccc(F)cc1CSC)NCC1CCN(CCOC)CC1. The Morgan fingerprint density at radius 3 is 2.74 bits per heavy atom. The van der Waals surface area contributed by atoms with Gasteiger partial charge in [-0.3, -0.25) is 4.99 Å². The molecule has 0 radical (unpaired) electrons. The van der Waals surface area contributed by atoms with Gasteiger partial charge in [0.15, 0.2) is 5.96 Å². The normalized spacial score (nSPS) is 16.5. The van der Waals surface area contributed by atoms with E-state index in [9.17, 15) is 4.39 Å². The Morgan fingerprint density at radius 1 is 1.30 bits per heavy atom. The zero-order valence-electron chi connectivity index (χ0n) is 16.8. The molecule has 152 valence electrons. The predicted molar refractivity (Wildman–Crippen MR) is 113 cm³/mol. The van der Waals surface area contributed by atoms with Gasteiger partial charge in [-0.2, -0.15) is 11.8 Å². The molecule has 2 rings (SSSR count). The van der Waals surface area contributed by atoms with E-state index in [1.807, 2.05) is 12.3 Å². The minimum absolute atomic E-state index is 0.179. The molecule has 0 saturated carbocycles. The molecule has 1 saturated heterocycles. The zero-order chi connectivity index (χ0) is 19.5. The molecule has 5 nitrogen and oxygen atoms in total. The van der Waals surface area contributed by atoms with E-state index in [0.29, 0.717) is 12.5 Å². The van der Waals surface area contributed by atoms with Crippen molar-refractivity contribution in [2.45, 2.75) is 25.1 Å². The van der Waals surface area contributed by atoms with Gasteiger partial charge in [0.1, 0.15) is 5.82 Å². The number of nitrogens with one attached hydrogen (secondary N) is 2. The van der Waals surface area contributed by atoms with Crippen LogP contribution in [0.4, 0.5) is 4.39 Å². The summed E-state index contributed by atoms with van der Waals surface area (Å²) in [4.78, 5) is 6.79. The molecule has 1 fully saturated rings. The van der Waals surface area contributed by atoms with Gasteiger partial charge in [-0.05, 0) is 61.4 Å². The Kier molecular flexibility index (Phi) is 9.94. The van der Waals surface area contributed by atoms with E-state index in [2.05, 4.69) is 20.5 Å². The van der Waals surface area contributed by atoms with Crippen LogP contribution < -0.4 is 10.6 Å². The number of guanidine groups is 1. The molecule has 1 aromatic rings. The first kappa shape index (κ1) is 22.0. The van der Waals surface area contributed by atoms with E-state index >= 15 is 0 Å². The van der Waals surface area contributed by atoms with Crippen molar-refractivity contribution in [1.29, 1.82) is 0 Å². The molecule has 1 aliphatic heterocycles. The molecule has 1 heterocycles. The first-order valence-electron chi connectivity index (χ1n) is 9.58. The predicted octanol–water partition coefficient (Wildman–Crippen LogP) is 2.71. The van der Waals surface area contributed by atoms with Crippen molar-refractivity contribution < 1.29 is 9.13 Å². The number of hydrogen-bond donors (Lipinski definition) is 2. The van der Waals surface area contributed by atoms with Crippen LogP contribution in [-0.4, -0.2) is 64.1 Å². The van der Waals surface area contributed by atoms with E-state index in [4.69, 9.17) is 4.74 Å². The van der Waals surface area contributed by atoms with Crippen LogP contribution in [0.3, 0.4) is 0 Å². The van der Waals surface area contributed by atoms with Crippen molar-refractivity contribution >= 4 is 17.7 Å². The third-order valence-electron chi connectivity index (χ3n) is 5.02. The highest BCUT2D eigenvalue weighted by atomic mass is 32.2. The molecule has 2 N–H and O–H groups in total. The van der Waals surface area contributed by atoms with Crippen LogP contribution in [0.1, 0.15) is 24.0 Å². The van der Waals surface area contributed by atoms with Crippen LogP contribution in [-0.2, 0) is 17.0 Å². The summed E-state index contributed by atoms with van der Waals surface area (Å²) >= 11 is 1.70. The number of rotatable bonds is 9. The Labute approximate surface area is 167 Å². The second kappa shape index (κ2) is 12.2. The van der Waals surface area contributed by atoms with Crippen LogP contribution in [0.2, 0.25) is 0 Å². The fourth-order valence-electron chi connectivity index (χ4n) is 3.33. The minimum atomic E-state index is -0.179. The molecule has 0 aliphatic carbocycles. The summed E-state index contributed by atoms with van der Waals surface area (Å²) in [5.41, 5.74) is 2.15. The molecular weight excluding hydrogens is 363 g/mol. The number of hydrogen-bond acceptors (Lipinski definition) is 4. The van der Waals surface area contributed by atoms with Gasteiger partial charge < -0.3 is 20.3 Å². The summed E-state index contributed by atoms with van der Waals surface area (Å²) in [5, 5.41) is 6.81. The van der Waals surface area contributed by atoms with Gasteiger partial charge in [-0.25, -0.2) is 4.39 Å². The summed E-state index contributed by atoms with van der Waals surface area (Å²) in [6.07, 6.45) is 4.43. The minimum Gasteiger partial charge on any atom is -0.383 e. The number of methoxy groups -OCH3 is 1. The molecule has 0 amide bonds. The lowest BCUT2D eigenvalue weighted by Gasteiger charge is -2.32. The Balaban J connectivity index is 1.75. The van der Waals surface area contributed by atoms with Gasteiger partial charge in [0.05, 0.1) is 6.61 Å². The number of thioether (sulfide) groups is 1. The molecule has 0 unspecified atom stereocenters. The second-order valence-electron chi connectivity index (χ2n) is 6.93. The Bertz CT molecular complexity index is 591. The van der Waals surface area contributed by atoms with Gasteiger partial charge >= 0.3 is 0 Å². The van der Waals surface area contributed by atoms with Crippen LogP contribution in [0.5, 0.6) is 0 Å². The van der Waals surface area contributed by atoms with Crippen molar-refractivity contribution in [3.8, 4) is 0 Å². The number of halogens is 1. The Hall–Kier alpha value is -1.31. The standard InChI is InChI=1S/C20H33FN4OS/c1-22-20(23-13-16-6-8-25(9-7-16)10-11-26-2)24-14-17-4-5-19(21)12-18(17)15-27-3/h4-5,12,16H,6-11,13-15H2,1-3H3,(H2,22,23,24). The number of piperidine rings is 1. The van der Waals surface area contributed by atoms with Crippen molar-refractivity contribution in [3.63, 3.8) is 0 Å². The monoisotopic (exact) mass is 396 g/mol. The van der Waals surface area contributed by atoms with E-state index < -0.39 is 0 Å². The second-order valence-corrected chi connectivity index (χ2v) is 7.80. The Morgan fingerprint density at radius 2 is 2.07 bits per heavy atom. The summed E-state index contributed by atoms with van der Waals surface area (Å²) in [5.74, 6) is 2.10. The summed E-state index contributed by atoms with van der Waals surface area (Å²) < 4.78 is 18.6. The molecule has 7 heteroatoms. The van der Waals surface area contributed by atoms with Gasteiger partial charge in [0, 0.05) is 39.5 Å². The number of likely N-dealkylation sites (tertiary alicyclic amines) is 1. The summed E-state index contributed by atoms with van der Waals surface area (Å²) in [6, 6.07) is 5.01. The maximum atomic E-state index is 13.5. The lowest BCUT2D eigenvalue weighted by Crippen LogP contribution is -2.43. The van der Waals surface area contributed by atoms with Gasteiger partial charge in [-0.15, -0.1) is 0 Å². The number of benzene rings is 1. The highest BCUT2D eigenvalue weighted by molar-refractivity contribution is 7.97. The third kappa shape index (κ3) is 7.68. The van der Waals surface area contributed by atoms with Crippen molar-refractivity contribution in [2.24, 2.45) is 10.9 Å². The molecule has 0 spiro atoms. The fourth-order valence-corrected chi connectivity index (χ4v) is 3.91. The fraction of sp³-hybridized carbons (Fsp3) is 0.650. The maximum Gasteiger partial charge on any atom is 0.191 e. The smallest absolute Gasteiger partial charge is 0.191 e. The lowest BCUT2D eigenvalue weighted by molar-refractivity contribution is 0.121. The van der Waals surface area contributed by atoms with Crippen molar-refractivity contribution in [3.05, 3.63) is 35.1 Å². The average molecular weight is 397 g/mol.